The zero-order valence-corrected chi connectivity index (χ0v) is 23.0. The van der Waals surface area contributed by atoms with Gasteiger partial charge >= 0.3 is 5.97 Å². The number of carboxylic acid groups (broad SMARTS) is 1. The van der Waals surface area contributed by atoms with E-state index in [0.717, 1.165) is 56.2 Å². The van der Waals surface area contributed by atoms with E-state index in [-0.39, 0.29) is 23.9 Å². The average Bonchev–Trinajstić information content (AvgIpc) is 3.20. The smallest absolute Gasteiger partial charge is 0.326 e. The van der Waals surface area contributed by atoms with Crippen LogP contribution in [0.2, 0.25) is 0 Å². The lowest BCUT2D eigenvalue weighted by molar-refractivity contribution is -0.142. The number of amides is 1. The number of carbonyl (C=O) groups excluding carboxylic acids is 1. The number of nitrogens with one attached hydrogen (secondary N) is 1. The van der Waals surface area contributed by atoms with Gasteiger partial charge in [0.05, 0.1) is 5.71 Å². The summed E-state index contributed by atoms with van der Waals surface area (Å²) < 4.78 is 0. The molecule has 4 aliphatic rings. The second-order valence-electron chi connectivity index (χ2n) is 12.5. The normalized spacial score (nSPS) is 36.9. The highest BCUT2D eigenvalue weighted by molar-refractivity contribution is 5.96. The predicted molar refractivity (Wildman–Crippen MR) is 149 cm³/mol. The number of carbonyl (C=O) groups is 2. The molecule has 5 rings (SSSR count). The second kappa shape index (κ2) is 10.5. The van der Waals surface area contributed by atoms with E-state index in [1.807, 2.05) is 30.3 Å². The van der Waals surface area contributed by atoms with Gasteiger partial charge in [0, 0.05) is 11.8 Å². The van der Waals surface area contributed by atoms with Gasteiger partial charge in [-0.3, -0.25) is 4.79 Å². The van der Waals surface area contributed by atoms with Crippen LogP contribution in [-0.4, -0.2) is 46.1 Å². The zero-order valence-electron chi connectivity index (χ0n) is 23.0. The van der Waals surface area contributed by atoms with Crippen LogP contribution in [0.4, 0.5) is 0 Å². The third-order valence-corrected chi connectivity index (χ3v) is 10.7. The Morgan fingerprint density at radius 3 is 2.59 bits per heavy atom. The van der Waals surface area contributed by atoms with Gasteiger partial charge in [-0.15, -0.1) is 6.42 Å². The number of aliphatic carboxylic acids is 1. The molecular formula is C32H40N2O5. The van der Waals surface area contributed by atoms with Crippen molar-refractivity contribution in [3.63, 3.8) is 0 Å². The monoisotopic (exact) mass is 532 g/mol. The minimum atomic E-state index is -1.09. The van der Waals surface area contributed by atoms with E-state index in [9.17, 15) is 19.8 Å². The molecule has 1 aromatic rings. The second-order valence-corrected chi connectivity index (χ2v) is 12.5. The quantitative estimate of drug-likeness (QED) is 0.354. The highest BCUT2D eigenvalue weighted by Gasteiger charge is 2.63. The zero-order chi connectivity index (χ0) is 27.8. The van der Waals surface area contributed by atoms with Gasteiger partial charge in [0.15, 0.2) is 6.61 Å². The highest BCUT2D eigenvalue weighted by atomic mass is 16.6. The van der Waals surface area contributed by atoms with Crippen LogP contribution < -0.4 is 5.32 Å². The number of nitrogens with zero attached hydrogens (tertiary/aromatic N) is 1. The standard InChI is InChI=1S/C32H40N2O5/c1-4-32(38)17-14-26-24-11-10-22-19-23(12-15-30(22,2)25(24)13-16-31(26,32)3)34-39-20-28(35)33-27(29(36)37)18-21-8-6-5-7-9-21/h1,5-9,19,24-27,38H,10-18,20H2,2-3H3,(H,33,35)(H,36,37)/b34-23+/t24-,25+,26-,27+,30+,31+,32-/m1/s1. The summed E-state index contributed by atoms with van der Waals surface area (Å²) in [6, 6.07) is 8.17. The molecule has 3 N–H and O–H groups in total. The molecule has 1 amide bonds. The summed E-state index contributed by atoms with van der Waals surface area (Å²) in [7, 11) is 0. The lowest BCUT2D eigenvalue weighted by Crippen LogP contribution is -2.54. The number of rotatable bonds is 7. The number of aliphatic hydroxyl groups is 1. The molecule has 3 fully saturated rings. The summed E-state index contributed by atoms with van der Waals surface area (Å²) >= 11 is 0. The minimum absolute atomic E-state index is 0.101. The summed E-state index contributed by atoms with van der Waals surface area (Å²) in [6.07, 6.45) is 15.8. The van der Waals surface area contributed by atoms with Crippen molar-refractivity contribution in [2.45, 2.75) is 83.3 Å². The van der Waals surface area contributed by atoms with Crippen LogP contribution >= 0.6 is 0 Å². The predicted octanol–water partition coefficient (Wildman–Crippen LogP) is 4.50. The van der Waals surface area contributed by atoms with Crippen LogP contribution in [0.1, 0.15) is 70.8 Å². The first kappa shape index (κ1) is 27.5. The van der Waals surface area contributed by atoms with Gasteiger partial charge in [0.2, 0.25) is 0 Å². The lowest BCUT2D eigenvalue weighted by atomic mass is 9.46. The molecule has 0 bridgehead atoms. The van der Waals surface area contributed by atoms with Crippen molar-refractivity contribution in [1.82, 2.24) is 5.32 Å². The molecule has 0 saturated heterocycles. The number of carboxylic acids is 1. The van der Waals surface area contributed by atoms with E-state index in [0.29, 0.717) is 24.2 Å². The molecule has 0 spiro atoms. The molecule has 39 heavy (non-hydrogen) atoms. The Hall–Kier alpha value is -3.11. The third kappa shape index (κ3) is 4.89. The van der Waals surface area contributed by atoms with E-state index in [2.05, 4.69) is 36.3 Å². The molecule has 0 radical (unpaired) electrons. The van der Waals surface area contributed by atoms with Crippen molar-refractivity contribution in [3.8, 4) is 12.3 Å². The van der Waals surface area contributed by atoms with Crippen molar-refractivity contribution < 1.29 is 24.6 Å². The molecule has 0 heterocycles. The molecule has 208 valence electrons. The molecule has 0 aromatic heterocycles. The van der Waals surface area contributed by atoms with E-state index >= 15 is 0 Å². The number of benzene rings is 1. The van der Waals surface area contributed by atoms with Crippen LogP contribution in [0, 0.1) is 40.9 Å². The van der Waals surface area contributed by atoms with Gasteiger partial charge in [-0.05, 0) is 86.2 Å². The lowest BCUT2D eigenvalue weighted by Gasteiger charge is -2.58. The van der Waals surface area contributed by atoms with E-state index < -0.39 is 23.5 Å². The SMILES string of the molecule is C#C[C@@]1(O)CC[C@@H]2[C@@H]3CCC4=C/C(=N/OCC(=O)N[C@@H](Cc5ccccc5)C(=O)O)CC[C@]4(C)[C@H]3CC[C@@]21C. The number of terminal acetylenes is 1. The Balaban J connectivity index is 1.20. The van der Waals surface area contributed by atoms with Crippen molar-refractivity contribution in [3.05, 3.63) is 47.5 Å². The van der Waals surface area contributed by atoms with Crippen molar-refractivity contribution >= 4 is 17.6 Å². The fourth-order valence-electron chi connectivity index (χ4n) is 8.36. The van der Waals surface area contributed by atoms with Crippen LogP contribution in [0.25, 0.3) is 0 Å². The molecule has 1 aromatic carbocycles. The number of hydrogen-bond donors (Lipinski definition) is 3. The highest BCUT2D eigenvalue weighted by Crippen LogP contribution is 2.67. The molecule has 3 saturated carbocycles. The number of hydrogen-bond acceptors (Lipinski definition) is 5. The largest absolute Gasteiger partial charge is 0.480 e. The maximum atomic E-state index is 12.4. The average molecular weight is 533 g/mol. The van der Waals surface area contributed by atoms with Crippen molar-refractivity contribution in [2.24, 2.45) is 33.7 Å². The maximum absolute atomic E-state index is 12.4. The molecule has 7 atom stereocenters. The summed E-state index contributed by atoms with van der Waals surface area (Å²) in [5.74, 6) is 2.77. The van der Waals surface area contributed by atoms with Gasteiger partial charge in [0.1, 0.15) is 11.6 Å². The minimum Gasteiger partial charge on any atom is -0.480 e. The van der Waals surface area contributed by atoms with Gasteiger partial charge in [-0.2, -0.15) is 0 Å². The topological polar surface area (TPSA) is 108 Å². The summed E-state index contributed by atoms with van der Waals surface area (Å²) in [5.41, 5.74) is 1.99. The molecule has 4 aliphatic carbocycles. The van der Waals surface area contributed by atoms with Crippen molar-refractivity contribution in [2.75, 3.05) is 6.61 Å². The Kier molecular flexibility index (Phi) is 7.37. The first-order valence-corrected chi connectivity index (χ1v) is 14.3. The van der Waals surface area contributed by atoms with Gasteiger partial charge in [-0.1, -0.05) is 60.8 Å². The summed E-state index contributed by atoms with van der Waals surface area (Å²) in [5, 5.41) is 27.5. The Labute approximate surface area is 231 Å². The van der Waals surface area contributed by atoms with Crippen molar-refractivity contribution in [1.29, 1.82) is 0 Å². The molecule has 0 unspecified atom stereocenters. The number of allylic oxidation sites excluding steroid dienone is 2. The van der Waals surface area contributed by atoms with Gasteiger partial charge in [-0.25, -0.2) is 4.79 Å². The molecule has 7 nitrogen and oxygen atoms in total. The summed E-state index contributed by atoms with van der Waals surface area (Å²) in [6.45, 7) is 4.28. The van der Waals surface area contributed by atoms with Crippen LogP contribution in [0.5, 0.6) is 0 Å². The Bertz CT molecular complexity index is 1220. The first-order chi connectivity index (χ1) is 18.6. The van der Waals surface area contributed by atoms with E-state index in [1.54, 1.807) is 0 Å². The molecule has 0 aliphatic heterocycles. The van der Waals surface area contributed by atoms with Gasteiger partial charge < -0.3 is 20.4 Å². The van der Waals surface area contributed by atoms with Crippen LogP contribution in [0.3, 0.4) is 0 Å². The summed E-state index contributed by atoms with van der Waals surface area (Å²) in [4.78, 5) is 29.4. The number of fused-ring (bicyclic) bond motifs is 5. The van der Waals surface area contributed by atoms with Crippen LogP contribution in [-0.2, 0) is 20.8 Å². The maximum Gasteiger partial charge on any atom is 0.326 e. The fraction of sp³-hybridized carbons (Fsp3) is 0.594. The van der Waals surface area contributed by atoms with Gasteiger partial charge in [0.25, 0.3) is 5.91 Å². The molecular weight excluding hydrogens is 492 g/mol. The Morgan fingerprint density at radius 2 is 1.87 bits per heavy atom. The first-order valence-electron chi connectivity index (χ1n) is 14.3. The van der Waals surface area contributed by atoms with E-state index in [4.69, 9.17) is 11.3 Å². The van der Waals surface area contributed by atoms with Crippen LogP contribution in [0.15, 0.2) is 47.1 Å². The fourth-order valence-corrected chi connectivity index (χ4v) is 8.36. The third-order valence-electron chi connectivity index (χ3n) is 10.7. The number of oxime groups is 1. The van der Waals surface area contributed by atoms with E-state index in [1.165, 1.54) is 5.57 Å². The molecule has 7 heteroatoms. The Morgan fingerprint density at radius 1 is 1.13 bits per heavy atom.